The minimum absolute atomic E-state index is 0.961. The molecule has 0 saturated carbocycles. The first-order valence-corrected chi connectivity index (χ1v) is 5.47. The molecule has 0 bridgehead atoms. The number of halogens is 1. The number of hydrogen-bond acceptors (Lipinski definition) is 1. The molecule has 0 unspecified atom stereocenters. The highest BCUT2D eigenvalue weighted by Gasteiger charge is 2.09. The smallest absolute Gasteiger partial charge is 0.0390 e. The van der Waals surface area contributed by atoms with Crippen LogP contribution in [0, 0.1) is 6.92 Å². The summed E-state index contributed by atoms with van der Waals surface area (Å²) in [5.41, 5.74) is 10.8. The van der Waals surface area contributed by atoms with Crippen molar-refractivity contribution in [1.82, 2.24) is 0 Å². The van der Waals surface area contributed by atoms with E-state index in [1.807, 2.05) is 0 Å². The first-order chi connectivity index (χ1) is 6.11. The lowest BCUT2D eigenvalue weighted by Gasteiger charge is -2.13. The molecule has 0 aromatic heterocycles. The van der Waals surface area contributed by atoms with Gasteiger partial charge in [0.2, 0.25) is 0 Å². The van der Waals surface area contributed by atoms with Crippen LogP contribution in [-0.2, 0) is 12.8 Å². The summed E-state index contributed by atoms with van der Waals surface area (Å²) >= 11 is 3.57. The zero-order valence-corrected chi connectivity index (χ0v) is 10.0. The van der Waals surface area contributed by atoms with E-state index >= 15 is 0 Å². The Kier molecular flexibility index (Phi) is 3.37. The quantitative estimate of drug-likeness (QED) is 0.789. The maximum atomic E-state index is 6.04. The van der Waals surface area contributed by atoms with Crippen molar-refractivity contribution in [2.45, 2.75) is 33.6 Å². The predicted molar refractivity (Wildman–Crippen MR) is 62.0 cm³/mol. The number of hydrogen-bond donors (Lipinski definition) is 1. The summed E-state index contributed by atoms with van der Waals surface area (Å²) in [5, 5.41) is 0. The molecular formula is C11H16BrN. The first kappa shape index (κ1) is 10.6. The van der Waals surface area contributed by atoms with Gasteiger partial charge in [0.1, 0.15) is 0 Å². The van der Waals surface area contributed by atoms with Crippen LogP contribution >= 0.6 is 15.9 Å². The van der Waals surface area contributed by atoms with Crippen LogP contribution in [0.15, 0.2) is 10.5 Å². The van der Waals surface area contributed by atoms with Crippen LogP contribution < -0.4 is 5.73 Å². The maximum absolute atomic E-state index is 6.04. The van der Waals surface area contributed by atoms with Gasteiger partial charge in [0.25, 0.3) is 0 Å². The zero-order valence-electron chi connectivity index (χ0n) is 8.45. The van der Waals surface area contributed by atoms with E-state index in [-0.39, 0.29) is 0 Å². The molecule has 0 atom stereocenters. The highest BCUT2D eigenvalue weighted by Crippen LogP contribution is 2.30. The number of benzene rings is 1. The lowest BCUT2D eigenvalue weighted by molar-refractivity contribution is 1.07. The Morgan fingerprint density at radius 3 is 2.38 bits per heavy atom. The van der Waals surface area contributed by atoms with Crippen molar-refractivity contribution in [1.29, 1.82) is 0 Å². The van der Waals surface area contributed by atoms with Gasteiger partial charge in [-0.2, -0.15) is 0 Å². The summed E-state index contributed by atoms with van der Waals surface area (Å²) in [6.07, 6.45) is 1.99. The molecule has 13 heavy (non-hydrogen) atoms. The zero-order chi connectivity index (χ0) is 10.0. The minimum atomic E-state index is 0.961. The largest absolute Gasteiger partial charge is 0.398 e. The molecule has 2 heteroatoms. The fourth-order valence-corrected chi connectivity index (χ4v) is 2.20. The molecule has 1 rings (SSSR count). The molecule has 0 saturated heterocycles. The minimum Gasteiger partial charge on any atom is -0.398 e. The molecule has 0 fully saturated rings. The van der Waals surface area contributed by atoms with Gasteiger partial charge in [0, 0.05) is 10.2 Å². The first-order valence-electron chi connectivity index (χ1n) is 4.68. The fraction of sp³-hybridized carbons (Fsp3) is 0.455. The van der Waals surface area contributed by atoms with E-state index < -0.39 is 0 Å². The van der Waals surface area contributed by atoms with Gasteiger partial charge in [-0.1, -0.05) is 35.8 Å². The molecule has 0 heterocycles. The van der Waals surface area contributed by atoms with Crippen LogP contribution in [-0.4, -0.2) is 0 Å². The van der Waals surface area contributed by atoms with Gasteiger partial charge in [0.05, 0.1) is 0 Å². The Labute approximate surface area is 88.5 Å². The van der Waals surface area contributed by atoms with E-state index in [0.29, 0.717) is 0 Å². The average Bonchev–Trinajstić information content (AvgIpc) is 2.12. The summed E-state index contributed by atoms with van der Waals surface area (Å²) in [6, 6.07) is 2.17. The molecule has 72 valence electrons. The van der Waals surface area contributed by atoms with E-state index in [1.165, 1.54) is 21.2 Å². The Morgan fingerprint density at radius 2 is 1.92 bits per heavy atom. The lowest BCUT2D eigenvalue weighted by atomic mass is 10.0. The Balaban J connectivity index is 3.39. The summed E-state index contributed by atoms with van der Waals surface area (Å²) in [5.74, 6) is 0. The second kappa shape index (κ2) is 4.14. The normalized spacial score (nSPS) is 10.5. The van der Waals surface area contributed by atoms with E-state index in [9.17, 15) is 0 Å². The summed E-state index contributed by atoms with van der Waals surface area (Å²) in [7, 11) is 0. The molecule has 0 amide bonds. The van der Waals surface area contributed by atoms with Gasteiger partial charge >= 0.3 is 0 Å². The second-order valence-corrected chi connectivity index (χ2v) is 4.06. The van der Waals surface area contributed by atoms with Gasteiger partial charge in [-0.3, -0.25) is 0 Å². The number of rotatable bonds is 2. The van der Waals surface area contributed by atoms with E-state index in [2.05, 4.69) is 42.8 Å². The monoisotopic (exact) mass is 241 g/mol. The molecule has 0 aliphatic rings. The molecule has 0 radical (unpaired) electrons. The second-order valence-electron chi connectivity index (χ2n) is 3.27. The molecule has 2 N–H and O–H groups in total. The van der Waals surface area contributed by atoms with Gasteiger partial charge < -0.3 is 5.73 Å². The molecule has 0 aliphatic heterocycles. The molecule has 1 aromatic carbocycles. The number of anilines is 1. The third kappa shape index (κ3) is 1.88. The van der Waals surface area contributed by atoms with Crippen LogP contribution in [0.1, 0.15) is 30.5 Å². The summed E-state index contributed by atoms with van der Waals surface area (Å²) < 4.78 is 1.17. The molecule has 1 nitrogen and oxygen atoms in total. The summed E-state index contributed by atoms with van der Waals surface area (Å²) in [4.78, 5) is 0. The van der Waals surface area contributed by atoms with Gasteiger partial charge in [-0.05, 0) is 36.5 Å². The van der Waals surface area contributed by atoms with Crippen molar-refractivity contribution in [3.8, 4) is 0 Å². The number of nitrogen functional groups attached to an aromatic ring is 1. The van der Waals surface area contributed by atoms with Crippen molar-refractivity contribution >= 4 is 21.6 Å². The molecule has 0 spiro atoms. The van der Waals surface area contributed by atoms with Gasteiger partial charge in [-0.25, -0.2) is 0 Å². The highest BCUT2D eigenvalue weighted by molar-refractivity contribution is 9.10. The van der Waals surface area contributed by atoms with E-state index in [1.54, 1.807) is 0 Å². The van der Waals surface area contributed by atoms with Crippen LogP contribution in [0.25, 0.3) is 0 Å². The van der Waals surface area contributed by atoms with E-state index in [4.69, 9.17) is 5.73 Å². The van der Waals surface area contributed by atoms with Gasteiger partial charge in [-0.15, -0.1) is 0 Å². The van der Waals surface area contributed by atoms with Gasteiger partial charge in [0.15, 0.2) is 0 Å². The Morgan fingerprint density at radius 1 is 1.31 bits per heavy atom. The number of nitrogens with two attached hydrogens (primary N) is 1. The lowest BCUT2D eigenvalue weighted by Crippen LogP contribution is -2.01. The van der Waals surface area contributed by atoms with Crippen LogP contribution in [0.4, 0.5) is 5.69 Å². The third-order valence-corrected chi connectivity index (χ3v) is 3.51. The van der Waals surface area contributed by atoms with E-state index in [0.717, 1.165) is 18.5 Å². The van der Waals surface area contributed by atoms with Crippen LogP contribution in [0.3, 0.4) is 0 Å². The third-order valence-electron chi connectivity index (χ3n) is 2.41. The molecular weight excluding hydrogens is 226 g/mol. The fourth-order valence-electron chi connectivity index (χ4n) is 1.59. The van der Waals surface area contributed by atoms with Crippen molar-refractivity contribution < 1.29 is 0 Å². The van der Waals surface area contributed by atoms with Crippen molar-refractivity contribution in [3.05, 3.63) is 27.2 Å². The predicted octanol–water partition coefficient (Wildman–Crippen LogP) is 3.46. The topological polar surface area (TPSA) is 26.0 Å². The number of aryl methyl sites for hydroxylation is 2. The van der Waals surface area contributed by atoms with Crippen molar-refractivity contribution in [3.63, 3.8) is 0 Å². The van der Waals surface area contributed by atoms with Crippen molar-refractivity contribution in [2.75, 3.05) is 5.73 Å². The molecule has 0 aliphatic carbocycles. The maximum Gasteiger partial charge on any atom is 0.0390 e. The highest BCUT2D eigenvalue weighted by atomic mass is 79.9. The Hall–Kier alpha value is -0.500. The SMILES string of the molecule is CCc1cc(C)c(Br)c(CC)c1N. The van der Waals surface area contributed by atoms with Crippen molar-refractivity contribution in [2.24, 2.45) is 0 Å². The van der Waals surface area contributed by atoms with Crippen LogP contribution in [0.2, 0.25) is 0 Å². The average molecular weight is 242 g/mol. The van der Waals surface area contributed by atoms with Crippen LogP contribution in [0.5, 0.6) is 0 Å². The Bertz CT molecular complexity index is 318. The molecule has 1 aromatic rings. The standard InChI is InChI=1S/C11H16BrN/c1-4-8-6-7(3)10(12)9(5-2)11(8)13/h6H,4-5,13H2,1-3H3. The summed E-state index contributed by atoms with van der Waals surface area (Å²) in [6.45, 7) is 6.38.